The molecule has 150 valence electrons. The lowest BCUT2D eigenvalue weighted by molar-refractivity contribution is -0.136. The van der Waals surface area contributed by atoms with Gasteiger partial charge >= 0.3 is 0 Å². The standard InChI is InChI=1S/C20H22ClNO5S/c1-26-18-4-2-3-5-19(18)27-13-20(23)22(17-10-11-28(24,25)14-17)12-15-6-8-16(21)9-7-15/h2-9,17H,10-14H2,1H3/t17-/m0/s1. The van der Waals surface area contributed by atoms with Crippen LogP contribution in [0.2, 0.25) is 5.02 Å². The van der Waals surface area contributed by atoms with Crippen LogP contribution in [0.25, 0.3) is 0 Å². The number of benzene rings is 2. The molecule has 1 heterocycles. The first-order valence-corrected chi connectivity index (χ1v) is 11.1. The zero-order valence-corrected chi connectivity index (χ0v) is 17.1. The minimum atomic E-state index is -3.13. The van der Waals surface area contributed by atoms with Crippen molar-refractivity contribution in [3.05, 3.63) is 59.1 Å². The largest absolute Gasteiger partial charge is 0.493 e. The van der Waals surface area contributed by atoms with Gasteiger partial charge in [-0.05, 0) is 36.2 Å². The molecule has 6 nitrogen and oxygen atoms in total. The maximum atomic E-state index is 12.9. The Kier molecular flexibility index (Phi) is 6.46. The van der Waals surface area contributed by atoms with Crippen LogP contribution in [-0.2, 0) is 21.2 Å². The SMILES string of the molecule is COc1ccccc1OCC(=O)N(Cc1ccc(Cl)cc1)[C@H]1CCS(=O)(=O)C1. The summed E-state index contributed by atoms with van der Waals surface area (Å²) < 4.78 is 34.7. The molecule has 0 unspecified atom stereocenters. The van der Waals surface area contributed by atoms with Crippen molar-refractivity contribution in [3.8, 4) is 11.5 Å². The number of halogens is 1. The molecular formula is C20H22ClNO5S. The van der Waals surface area contributed by atoms with Gasteiger partial charge in [0.1, 0.15) is 0 Å². The molecule has 1 atom stereocenters. The molecule has 1 saturated heterocycles. The van der Waals surface area contributed by atoms with Crippen LogP contribution in [0.15, 0.2) is 48.5 Å². The lowest BCUT2D eigenvalue weighted by atomic mass is 10.1. The molecule has 3 rings (SSSR count). The number of nitrogens with zero attached hydrogens (tertiary/aromatic N) is 1. The second-order valence-electron chi connectivity index (χ2n) is 6.64. The third kappa shape index (κ3) is 5.17. The van der Waals surface area contributed by atoms with Gasteiger partial charge < -0.3 is 14.4 Å². The van der Waals surface area contributed by atoms with Crippen molar-refractivity contribution in [2.24, 2.45) is 0 Å². The molecule has 28 heavy (non-hydrogen) atoms. The highest BCUT2D eigenvalue weighted by Gasteiger charge is 2.34. The smallest absolute Gasteiger partial charge is 0.261 e. The van der Waals surface area contributed by atoms with Crippen LogP contribution in [0.1, 0.15) is 12.0 Å². The molecule has 2 aromatic carbocycles. The summed E-state index contributed by atoms with van der Waals surface area (Å²) in [6.45, 7) is 0.0932. The zero-order chi connectivity index (χ0) is 20.1. The van der Waals surface area contributed by atoms with Gasteiger partial charge in [-0.2, -0.15) is 0 Å². The average molecular weight is 424 g/mol. The Labute approximate surface area is 169 Å². The number of sulfone groups is 1. The third-order valence-electron chi connectivity index (χ3n) is 4.66. The maximum Gasteiger partial charge on any atom is 0.261 e. The summed E-state index contributed by atoms with van der Waals surface area (Å²) in [6, 6.07) is 13.8. The predicted molar refractivity (Wildman–Crippen MR) is 108 cm³/mol. The van der Waals surface area contributed by atoms with Gasteiger partial charge in [-0.25, -0.2) is 8.42 Å². The minimum Gasteiger partial charge on any atom is -0.493 e. The summed E-state index contributed by atoms with van der Waals surface area (Å²) in [7, 11) is -1.60. The number of ether oxygens (including phenoxy) is 2. The van der Waals surface area contributed by atoms with Crippen LogP contribution >= 0.6 is 11.6 Å². The van der Waals surface area contributed by atoms with E-state index in [1.807, 2.05) is 18.2 Å². The van der Waals surface area contributed by atoms with Gasteiger partial charge in [-0.1, -0.05) is 35.9 Å². The van der Waals surface area contributed by atoms with E-state index in [-0.39, 0.29) is 30.1 Å². The summed E-state index contributed by atoms with van der Waals surface area (Å²) in [5, 5.41) is 0.601. The summed E-state index contributed by atoms with van der Waals surface area (Å²) in [5.74, 6) is 0.783. The Morgan fingerprint density at radius 2 is 1.82 bits per heavy atom. The van der Waals surface area contributed by atoms with Crippen molar-refractivity contribution in [1.29, 1.82) is 0 Å². The van der Waals surface area contributed by atoms with E-state index in [1.165, 1.54) is 7.11 Å². The summed E-state index contributed by atoms with van der Waals surface area (Å²) in [6.07, 6.45) is 0.427. The molecule has 1 fully saturated rings. The van der Waals surface area contributed by atoms with E-state index in [0.29, 0.717) is 29.5 Å². The van der Waals surface area contributed by atoms with Crippen molar-refractivity contribution in [3.63, 3.8) is 0 Å². The average Bonchev–Trinajstić information content (AvgIpc) is 3.05. The maximum absolute atomic E-state index is 12.9. The molecule has 1 aliphatic heterocycles. The normalized spacial score (nSPS) is 17.9. The van der Waals surface area contributed by atoms with Gasteiger partial charge in [0.15, 0.2) is 27.9 Å². The van der Waals surface area contributed by atoms with Crippen molar-refractivity contribution in [1.82, 2.24) is 4.90 Å². The number of methoxy groups -OCH3 is 1. The second kappa shape index (κ2) is 8.84. The Balaban J connectivity index is 1.75. The number of carbonyl (C=O) groups is 1. The molecule has 0 bridgehead atoms. The molecular weight excluding hydrogens is 402 g/mol. The van der Waals surface area contributed by atoms with Gasteiger partial charge in [0, 0.05) is 17.6 Å². The summed E-state index contributed by atoms with van der Waals surface area (Å²) in [5.41, 5.74) is 0.874. The molecule has 0 aromatic heterocycles. The monoisotopic (exact) mass is 423 g/mol. The van der Waals surface area contributed by atoms with Crippen LogP contribution in [0.5, 0.6) is 11.5 Å². The molecule has 0 saturated carbocycles. The lowest BCUT2D eigenvalue weighted by Gasteiger charge is -2.28. The zero-order valence-electron chi connectivity index (χ0n) is 15.5. The first kappa shape index (κ1) is 20.5. The third-order valence-corrected chi connectivity index (χ3v) is 6.66. The Morgan fingerprint density at radius 1 is 1.14 bits per heavy atom. The number of hydrogen-bond acceptors (Lipinski definition) is 5. The predicted octanol–water partition coefficient (Wildman–Crippen LogP) is 2.94. The highest BCUT2D eigenvalue weighted by molar-refractivity contribution is 7.91. The number of amides is 1. The van der Waals surface area contributed by atoms with Crippen molar-refractivity contribution >= 4 is 27.3 Å². The minimum absolute atomic E-state index is 0.0268. The van der Waals surface area contributed by atoms with Crippen LogP contribution in [0.4, 0.5) is 0 Å². The van der Waals surface area contributed by atoms with E-state index in [1.54, 1.807) is 35.2 Å². The molecule has 1 amide bonds. The number of hydrogen-bond donors (Lipinski definition) is 0. The van der Waals surface area contributed by atoms with Gasteiger partial charge in [-0.3, -0.25) is 4.79 Å². The van der Waals surface area contributed by atoms with Crippen molar-refractivity contribution < 1.29 is 22.7 Å². The fourth-order valence-corrected chi connectivity index (χ4v) is 5.05. The quantitative estimate of drug-likeness (QED) is 0.684. The van der Waals surface area contributed by atoms with Gasteiger partial charge in [0.25, 0.3) is 5.91 Å². The van der Waals surface area contributed by atoms with Crippen LogP contribution in [0.3, 0.4) is 0 Å². The molecule has 0 radical (unpaired) electrons. The van der Waals surface area contributed by atoms with E-state index in [9.17, 15) is 13.2 Å². The fourth-order valence-electron chi connectivity index (χ4n) is 3.19. The Morgan fingerprint density at radius 3 is 2.43 bits per heavy atom. The van der Waals surface area contributed by atoms with Gasteiger partial charge in [0.2, 0.25) is 0 Å². The van der Waals surface area contributed by atoms with Crippen molar-refractivity contribution in [2.75, 3.05) is 25.2 Å². The topological polar surface area (TPSA) is 72.9 Å². The van der Waals surface area contributed by atoms with Crippen LogP contribution < -0.4 is 9.47 Å². The van der Waals surface area contributed by atoms with Crippen LogP contribution in [0, 0.1) is 0 Å². The molecule has 2 aromatic rings. The Hall–Kier alpha value is -2.25. The van der Waals surface area contributed by atoms with E-state index < -0.39 is 9.84 Å². The Bertz CT molecular complexity index is 930. The van der Waals surface area contributed by atoms with Crippen LogP contribution in [-0.4, -0.2) is 50.5 Å². The number of carbonyl (C=O) groups excluding carboxylic acids is 1. The first-order chi connectivity index (χ1) is 13.4. The summed E-state index contributed by atoms with van der Waals surface area (Å²) in [4.78, 5) is 14.5. The summed E-state index contributed by atoms with van der Waals surface area (Å²) >= 11 is 5.93. The second-order valence-corrected chi connectivity index (χ2v) is 9.31. The molecule has 8 heteroatoms. The molecule has 0 spiro atoms. The highest BCUT2D eigenvalue weighted by atomic mass is 35.5. The lowest BCUT2D eigenvalue weighted by Crippen LogP contribution is -2.43. The van der Waals surface area contributed by atoms with E-state index >= 15 is 0 Å². The van der Waals surface area contributed by atoms with Crippen molar-refractivity contribution in [2.45, 2.75) is 19.0 Å². The fraction of sp³-hybridized carbons (Fsp3) is 0.350. The van der Waals surface area contributed by atoms with Gasteiger partial charge in [0.05, 0.1) is 18.6 Å². The molecule has 0 N–H and O–H groups in total. The number of rotatable bonds is 7. The number of para-hydroxylation sites is 2. The molecule has 1 aliphatic rings. The highest BCUT2D eigenvalue weighted by Crippen LogP contribution is 2.26. The molecule has 0 aliphatic carbocycles. The first-order valence-electron chi connectivity index (χ1n) is 8.88. The van der Waals surface area contributed by atoms with Gasteiger partial charge in [-0.15, -0.1) is 0 Å². The van der Waals surface area contributed by atoms with E-state index in [4.69, 9.17) is 21.1 Å². The van der Waals surface area contributed by atoms with E-state index in [0.717, 1.165) is 5.56 Å². The van der Waals surface area contributed by atoms with E-state index in [2.05, 4.69) is 0 Å².